The second-order valence-corrected chi connectivity index (χ2v) is 5.39. The van der Waals surface area contributed by atoms with Crippen molar-refractivity contribution in [1.82, 2.24) is 0 Å². The Labute approximate surface area is 118 Å². The van der Waals surface area contributed by atoms with Gasteiger partial charge in [0.15, 0.2) is 0 Å². The van der Waals surface area contributed by atoms with Crippen LogP contribution in [0, 0.1) is 11.3 Å². The third kappa shape index (κ3) is 3.08. The van der Waals surface area contributed by atoms with Crippen LogP contribution in [0.2, 0.25) is 0 Å². The number of carbonyl (C=O) groups excluding carboxylic acids is 1. The SMILES string of the molecule is C/C=C(\C(=O)O)C1(C(=O)CCC)CCCC(C(=O)O)C1. The third-order valence-electron chi connectivity index (χ3n) is 4.15. The lowest BCUT2D eigenvalue weighted by molar-refractivity contribution is -0.147. The van der Waals surface area contributed by atoms with Gasteiger partial charge in [-0.1, -0.05) is 19.4 Å². The first-order chi connectivity index (χ1) is 9.39. The number of allylic oxidation sites excluding steroid dienone is 1. The first-order valence-electron chi connectivity index (χ1n) is 7.05. The monoisotopic (exact) mass is 282 g/mol. The molecule has 0 amide bonds. The molecule has 112 valence electrons. The molecule has 2 unspecified atom stereocenters. The van der Waals surface area contributed by atoms with Gasteiger partial charge in [-0.3, -0.25) is 9.59 Å². The van der Waals surface area contributed by atoms with E-state index in [2.05, 4.69) is 0 Å². The molecule has 0 spiro atoms. The van der Waals surface area contributed by atoms with Crippen molar-refractivity contribution in [2.45, 2.75) is 52.4 Å². The van der Waals surface area contributed by atoms with Gasteiger partial charge in [-0.2, -0.15) is 0 Å². The van der Waals surface area contributed by atoms with Crippen molar-refractivity contribution < 1.29 is 24.6 Å². The summed E-state index contributed by atoms with van der Waals surface area (Å²) in [6.07, 6.45) is 3.98. The van der Waals surface area contributed by atoms with Gasteiger partial charge in [-0.25, -0.2) is 4.79 Å². The van der Waals surface area contributed by atoms with Crippen molar-refractivity contribution in [1.29, 1.82) is 0 Å². The highest BCUT2D eigenvalue weighted by atomic mass is 16.4. The number of aliphatic carboxylic acids is 2. The molecule has 2 N–H and O–H groups in total. The van der Waals surface area contributed by atoms with Crippen LogP contribution in [-0.4, -0.2) is 27.9 Å². The zero-order chi connectivity index (χ0) is 15.3. The lowest BCUT2D eigenvalue weighted by Gasteiger charge is -2.39. The predicted molar refractivity (Wildman–Crippen MR) is 73.3 cm³/mol. The maximum Gasteiger partial charge on any atom is 0.332 e. The number of hydrogen-bond donors (Lipinski definition) is 2. The summed E-state index contributed by atoms with van der Waals surface area (Å²) >= 11 is 0. The van der Waals surface area contributed by atoms with Crippen LogP contribution < -0.4 is 0 Å². The van der Waals surface area contributed by atoms with Crippen molar-refractivity contribution >= 4 is 17.7 Å². The first kappa shape index (κ1) is 16.4. The van der Waals surface area contributed by atoms with Gasteiger partial charge < -0.3 is 10.2 Å². The van der Waals surface area contributed by atoms with E-state index in [0.29, 0.717) is 25.7 Å². The first-order valence-corrected chi connectivity index (χ1v) is 7.05. The third-order valence-corrected chi connectivity index (χ3v) is 4.15. The molecule has 0 heterocycles. The normalized spacial score (nSPS) is 27.1. The average Bonchev–Trinajstić information content (AvgIpc) is 2.39. The largest absolute Gasteiger partial charge is 0.481 e. The summed E-state index contributed by atoms with van der Waals surface area (Å²) in [5.41, 5.74) is -1.07. The van der Waals surface area contributed by atoms with Crippen molar-refractivity contribution in [3.8, 4) is 0 Å². The number of Topliss-reactive ketones (excluding diaryl/α,β-unsaturated/α-hetero) is 1. The van der Waals surface area contributed by atoms with Crippen molar-refractivity contribution in [3.63, 3.8) is 0 Å². The van der Waals surface area contributed by atoms with E-state index in [9.17, 15) is 24.6 Å². The molecule has 0 aromatic carbocycles. The molecule has 0 aliphatic heterocycles. The summed E-state index contributed by atoms with van der Waals surface area (Å²) in [5.74, 6) is -2.84. The molecule has 1 saturated carbocycles. The summed E-state index contributed by atoms with van der Waals surface area (Å²) in [5, 5.41) is 18.6. The Morgan fingerprint density at radius 2 is 1.95 bits per heavy atom. The smallest absolute Gasteiger partial charge is 0.332 e. The van der Waals surface area contributed by atoms with Crippen LogP contribution >= 0.6 is 0 Å². The molecule has 2 atom stereocenters. The molecule has 1 rings (SSSR count). The number of rotatable bonds is 6. The summed E-state index contributed by atoms with van der Waals surface area (Å²) in [6.45, 7) is 3.45. The molecular formula is C15H22O5. The highest BCUT2D eigenvalue weighted by Gasteiger charge is 2.48. The van der Waals surface area contributed by atoms with Gasteiger partial charge in [0.25, 0.3) is 0 Å². The summed E-state index contributed by atoms with van der Waals surface area (Å²) in [4.78, 5) is 35.2. The van der Waals surface area contributed by atoms with Crippen molar-refractivity contribution in [3.05, 3.63) is 11.6 Å². The molecule has 1 aliphatic rings. The Balaban J connectivity index is 3.23. The number of ketones is 1. The Hall–Kier alpha value is -1.65. The van der Waals surface area contributed by atoms with Crippen LogP contribution in [0.25, 0.3) is 0 Å². The van der Waals surface area contributed by atoms with Gasteiger partial charge >= 0.3 is 11.9 Å². The highest BCUT2D eigenvalue weighted by Crippen LogP contribution is 2.46. The molecule has 0 radical (unpaired) electrons. The van der Waals surface area contributed by atoms with Gasteiger partial charge in [0.2, 0.25) is 0 Å². The van der Waals surface area contributed by atoms with Gasteiger partial charge in [-0.05, 0) is 32.6 Å². The zero-order valence-corrected chi connectivity index (χ0v) is 12.0. The molecule has 0 bridgehead atoms. The molecule has 20 heavy (non-hydrogen) atoms. The van der Waals surface area contributed by atoms with Gasteiger partial charge in [0.1, 0.15) is 5.78 Å². The van der Waals surface area contributed by atoms with E-state index in [0.717, 1.165) is 0 Å². The molecule has 5 nitrogen and oxygen atoms in total. The summed E-state index contributed by atoms with van der Waals surface area (Å²) in [7, 11) is 0. The molecule has 0 aromatic heterocycles. The van der Waals surface area contributed by atoms with Crippen molar-refractivity contribution in [2.24, 2.45) is 11.3 Å². The van der Waals surface area contributed by atoms with Crippen molar-refractivity contribution in [2.75, 3.05) is 0 Å². The number of carbonyl (C=O) groups is 3. The molecular weight excluding hydrogens is 260 g/mol. The van der Waals surface area contributed by atoms with Crippen LogP contribution in [0.15, 0.2) is 11.6 Å². The summed E-state index contributed by atoms with van der Waals surface area (Å²) in [6, 6.07) is 0. The Kier molecular flexibility index (Phi) is 5.48. The second-order valence-electron chi connectivity index (χ2n) is 5.39. The minimum absolute atomic E-state index is 0.0573. The van der Waals surface area contributed by atoms with Crippen LogP contribution in [0.3, 0.4) is 0 Å². The number of hydrogen-bond acceptors (Lipinski definition) is 3. The fourth-order valence-electron chi connectivity index (χ4n) is 3.20. The topological polar surface area (TPSA) is 91.7 Å². The minimum atomic E-state index is -1.13. The quantitative estimate of drug-likeness (QED) is 0.731. The predicted octanol–water partition coefficient (Wildman–Crippen LogP) is 2.65. The zero-order valence-electron chi connectivity index (χ0n) is 12.0. The van der Waals surface area contributed by atoms with E-state index in [1.165, 1.54) is 6.08 Å². The number of carboxylic acid groups (broad SMARTS) is 2. The maximum absolute atomic E-state index is 12.5. The molecule has 0 saturated heterocycles. The Bertz CT molecular complexity index is 438. The van der Waals surface area contributed by atoms with Gasteiger partial charge in [0.05, 0.1) is 11.3 Å². The van der Waals surface area contributed by atoms with E-state index < -0.39 is 23.3 Å². The molecule has 5 heteroatoms. The number of carboxylic acids is 2. The van der Waals surface area contributed by atoms with Gasteiger partial charge in [-0.15, -0.1) is 0 Å². The lowest BCUT2D eigenvalue weighted by atomic mass is 9.62. The highest BCUT2D eigenvalue weighted by molar-refractivity contribution is 6.00. The minimum Gasteiger partial charge on any atom is -0.481 e. The van der Waals surface area contributed by atoms with E-state index in [1.54, 1.807) is 6.92 Å². The van der Waals surface area contributed by atoms with Crippen LogP contribution in [0.4, 0.5) is 0 Å². The standard InChI is InChI=1S/C15H22O5/c1-3-6-12(16)15(11(4-2)14(19)20)8-5-7-10(9-15)13(17)18/h4,10H,3,5-9H2,1-2H3,(H,17,18)(H,19,20)/b11-4+. The fraction of sp³-hybridized carbons (Fsp3) is 0.667. The molecule has 0 aromatic rings. The van der Waals surface area contributed by atoms with Crippen LogP contribution in [0.1, 0.15) is 52.4 Å². The summed E-state index contributed by atoms with van der Waals surface area (Å²) < 4.78 is 0. The average molecular weight is 282 g/mol. The fourth-order valence-corrected chi connectivity index (χ4v) is 3.20. The van der Waals surface area contributed by atoms with E-state index >= 15 is 0 Å². The van der Waals surface area contributed by atoms with E-state index in [4.69, 9.17) is 0 Å². The lowest BCUT2D eigenvalue weighted by Crippen LogP contribution is -2.42. The van der Waals surface area contributed by atoms with Crippen LogP contribution in [-0.2, 0) is 14.4 Å². The molecule has 1 fully saturated rings. The molecule has 1 aliphatic carbocycles. The van der Waals surface area contributed by atoms with E-state index in [-0.39, 0.29) is 24.2 Å². The Morgan fingerprint density at radius 3 is 2.40 bits per heavy atom. The van der Waals surface area contributed by atoms with E-state index in [1.807, 2.05) is 6.92 Å². The maximum atomic E-state index is 12.5. The second kappa shape index (κ2) is 6.68. The Morgan fingerprint density at radius 1 is 1.30 bits per heavy atom. The van der Waals surface area contributed by atoms with Crippen LogP contribution in [0.5, 0.6) is 0 Å². The van der Waals surface area contributed by atoms with Gasteiger partial charge in [0, 0.05) is 12.0 Å².